The second-order valence-corrected chi connectivity index (χ2v) is 2.89. The molecule has 0 bridgehead atoms. The molecule has 0 rings (SSSR count). The zero-order valence-corrected chi connectivity index (χ0v) is 7.45. The molecule has 0 amide bonds. The molecule has 0 aromatic heterocycles. The number of hydrogen-bond donors (Lipinski definition) is 1. The highest BCUT2D eigenvalue weighted by molar-refractivity contribution is 5.66. The Morgan fingerprint density at radius 1 is 1.75 bits per heavy atom. The van der Waals surface area contributed by atoms with Gasteiger partial charge >= 0.3 is 5.97 Å². The lowest BCUT2D eigenvalue weighted by atomic mass is 10.1. The molecule has 0 aromatic rings. The van der Waals surface area contributed by atoms with E-state index in [1.807, 2.05) is 6.92 Å². The van der Waals surface area contributed by atoms with Crippen molar-refractivity contribution in [2.75, 3.05) is 6.61 Å². The molecule has 1 N–H and O–H groups in total. The highest BCUT2D eigenvalue weighted by Gasteiger charge is 2.03. The van der Waals surface area contributed by atoms with Crippen LogP contribution in [0.5, 0.6) is 0 Å². The van der Waals surface area contributed by atoms with Gasteiger partial charge in [0.2, 0.25) is 0 Å². The topological polar surface area (TPSA) is 46.5 Å². The maximum absolute atomic E-state index is 10.1. The van der Waals surface area contributed by atoms with Crippen molar-refractivity contribution in [3.05, 3.63) is 12.8 Å². The molecule has 1 atom stereocenters. The van der Waals surface area contributed by atoms with Gasteiger partial charge in [0.15, 0.2) is 0 Å². The fourth-order valence-corrected chi connectivity index (χ4v) is 0.917. The van der Waals surface area contributed by atoms with Crippen LogP contribution in [-0.4, -0.2) is 17.7 Å². The van der Waals surface area contributed by atoms with Crippen molar-refractivity contribution in [3.8, 4) is 0 Å². The average Bonchev–Trinajstić information content (AvgIpc) is 2.00. The van der Waals surface area contributed by atoms with Gasteiger partial charge in [-0.15, -0.1) is 0 Å². The third-order valence-electron chi connectivity index (χ3n) is 1.59. The summed E-state index contributed by atoms with van der Waals surface area (Å²) in [5, 5.41) is 8.36. The van der Waals surface area contributed by atoms with E-state index in [1.165, 1.54) is 6.26 Å². The van der Waals surface area contributed by atoms with E-state index in [0.29, 0.717) is 12.5 Å². The third kappa shape index (κ3) is 7.12. The molecular weight excluding hydrogens is 156 g/mol. The number of carbonyl (C=O) groups is 1. The molecule has 70 valence electrons. The van der Waals surface area contributed by atoms with Crippen LogP contribution in [0.15, 0.2) is 12.8 Å². The summed E-state index contributed by atoms with van der Waals surface area (Å²) in [6, 6.07) is 0. The molecule has 0 aliphatic carbocycles. The Bertz CT molecular complexity index is 143. The molecular formula is C9H16O3. The number of carboxylic acid groups (broad SMARTS) is 1. The summed E-state index contributed by atoms with van der Waals surface area (Å²) in [5.41, 5.74) is 0. The average molecular weight is 172 g/mol. The molecule has 1 unspecified atom stereocenters. The van der Waals surface area contributed by atoms with E-state index in [0.717, 1.165) is 12.8 Å². The van der Waals surface area contributed by atoms with Crippen LogP contribution in [0.1, 0.15) is 26.2 Å². The van der Waals surface area contributed by atoms with Crippen LogP contribution in [-0.2, 0) is 9.53 Å². The first-order chi connectivity index (χ1) is 5.66. The monoisotopic (exact) mass is 172 g/mol. The van der Waals surface area contributed by atoms with Crippen LogP contribution in [0.3, 0.4) is 0 Å². The highest BCUT2D eigenvalue weighted by Crippen LogP contribution is 2.07. The molecule has 0 saturated heterocycles. The van der Waals surface area contributed by atoms with Crippen LogP contribution >= 0.6 is 0 Å². The summed E-state index contributed by atoms with van der Waals surface area (Å²) in [6.45, 7) is 6.09. The van der Waals surface area contributed by atoms with Crippen LogP contribution in [0.4, 0.5) is 0 Å². The summed E-state index contributed by atoms with van der Waals surface area (Å²) >= 11 is 0. The third-order valence-corrected chi connectivity index (χ3v) is 1.59. The van der Waals surface area contributed by atoms with E-state index in [4.69, 9.17) is 9.84 Å². The van der Waals surface area contributed by atoms with Crippen molar-refractivity contribution in [1.29, 1.82) is 0 Å². The van der Waals surface area contributed by atoms with Gasteiger partial charge in [-0.1, -0.05) is 13.5 Å². The number of aliphatic carboxylic acids is 1. The first kappa shape index (κ1) is 11.0. The minimum Gasteiger partial charge on any atom is -0.502 e. The van der Waals surface area contributed by atoms with Crippen molar-refractivity contribution in [2.45, 2.75) is 26.2 Å². The molecule has 0 aliphatic rings. The van der Waals surface area contributed by atoms with Crippen molar-refractivity contribution in [2.24, 2.45) is 5.92 Å². The zero-order chi connectivity index (χ0) is 9.40. The highest BCUT2D eigenvalue weighted by atomic mass is 16.5. The van der Waals surface area contributed by atoms with Gasteiger partial charge in [-0.25, -0.2) is 0 Å². The van der Waals surface area contributed by atoms with E-state index in [2.05, 4.69) is 6.58 Å². The minimum atomic E-state index is -0.730. The summed E-state index contributed by atoms with van der Waals surface area (Å²) in [4.78, 5) is 10.1. The Labute approximate surface area is 73.0 Å². The van der Waals surface area contributed by atoms with Gasteiger partial charge in [-0.2, -0.15) is 0 Å². The number of carboxylic acids is 1. The minimum absolute atomic E-state index is 0.248. The molecule has 0 aliphatic heterocycles. The molecule has 12 heavy (non-hydrogen) atoms. The molecule has 3 heteroatoms. The molecule has 0 heterocycles. The van der Waals surface area contributed by atoms with Crippen molar-refractivity contribution in [3.63, 3.8) is 0 Å². The van der Waals surface area contributed by atoms with Gasteiger partial charge < -0.3 is 9.84 Å². The Morgan fingerprint density at radius 2 is 2.42 bits per heavy atom. The van der Waals surface area contributed by atoms with Gasteiger partial charge in [0.1, 0.15) is 0 Å². The van der Waals surface area contributed by atoms with Gasteiger partial charge in [-0.3, -0.25) is 4.79 Å². The van der Waals surface area contributed by atoms with Crippen LogP contribution in [0.2, 0.25) is 0 Å². The maximum Gasteiger partial charge on any atom is 0.303 e. The summed E-state index contributed by atoms with van der Waals surface area (Å²) in [7, 11) is 0. The largest absolute Gasteiger partial charge is 0.502 e. The number of rotatable bonds is 7. The fraction of sp³-hybridized carbons (Fsp3) is 0.667. The van der Waals surface area contributed by atoms with Gasteiger partial charge in [0.25, 0.3) is 0 Å². The number of ether oxygens (including phenoxy) is 1. The molecule has 0 fully saturated rings. The predicted molar refractivity (Wildman–Crippen MR) is 46.8 cm³/mol. The fourth-order valence-electron chi connectivity index (χ4n) is 0.917. The quantitative estimate of drug-likeness (QED) is 0.598. The van der Waals surface area contributed by atoms with E-state index in [9.17, 15) is 4.79 Å². The SMILES string of the molecule is C=COCC(C)CCCC(=O)O. The van der Waals surface area contributed by atoms with Crippen LogP contribution in [0.25, 0.3) is 0 Å². The predicted octanol–water partition coefficient (Wildman–Crippen LogP) is 2.04. The summed E-state index contributed by atoms with van der Waals surface area (Å²) in [5.74, 6) is -0.325. The van der Waals surface area contributed by atoms with Gasteiger partial charge in [0.05, 0.1) is 12.9 Å². The van der Waals surface area contributed by atoms with Crippen LogP contribution in [0, 0.1) is 5.92 Å². The lowest BCUT2D eigenvalue weighted by Gasteiger charge is -2.08. The molecule has 0 aromatic carbocycles. The zero-order valence-electron chi connectivity index (χ0n) is 7.45. The van der Waals surface area contributed by atoms with Gasteiger partial charge in [-0.05, 0) is 18.8 Å². The standard InChI is InChI=1S/C9H16O3/c1-3-12-7-8(2)5-4-6-9(10)11/h3,8H,1,4-7H2,2H3,(H,10,11). The first-order valence-electron chi connectivity index (χ1n) is 4.11. The first-order valence-corrected chi connectivity index (χ1v) is 4.11. The Balaban J connectivity index is 3.24. The Hall–Kier alpha value is -0.990. The number of hydrogen-bond acceptors (Lipinski definition) is 2. The van der Waals surface area contributed by atoms with E-state index < -0.39 is 5.97 Å². The van der Waals surface area contributed by atoms with Crippen molar-refractivity contribution < 1.29 is 14.6 Å². The Kier molecular flexibility index (Phi) is 6.15. The van der Waals surface area contributed by atoms with Crippen molar-refractivity contribution in [1.82, 2.24) is 0 Å². The molecule has 0 radical (unpaired) electrons. The Morgan fingerprint density at radius 3 is 2.92 bits per heavy atom. The van der Waals surface area contributed by atoms with E-state index in [1.54, 1.807) is 0 Å². The van der Waals surface area contributed by atoms with Crippen LogP contribution < -0.4 is 0 Å². The lowest BCUT2D eigenvalue weighted by Crippen LogP contribution is -2.04. The molecule has 3 nitrogen and oxygen atoms in total. The summed E-state index contributed by atoms with van der Waals surface area (Å²) < 4.78 is 4.97. The molecule has 0 spiro atoms. The second-order valence-electron chi connectivity index (χ2n) is 2.89. The van der Waals surface area contributed by atoms with Crippen molar-refractivity contribution >= 4 is 5.97 Å². The smallest absolute Gasteiger partial charge is 0.303 e. The van der Waals surface area contributed by atoms with Gasteiger partial charge in [0, 0.05) is 6.42 Å². The van der Waals surface area contributed by atoms with E-state index in [-0.39, 0.29) is 6.42 Å². The lowest BCUT2D eigenvalue weighted by molar-refractivity contribution is -0.137. The normalized spacial score (nSPS) is 12.1. The van der Waals surface area contributed by atoms with E-state index >= 15 is 0 Å². The summed E-state index contributed by atoms with van der Waals surface area (Å²) in [6.07, 6.45) is 3.27. The molecule has 0 saturated carbocycles. The maximum atomic E-state index is 10.1. The second kappa shape index (κ2) is 6.70.